The summed E-state index contributed by atoms with van der Waals surface area (Å²) >= 11 is 0. The van der Waals surface area contributed by atoms with Gasteiger partial charge in [0.1, 0.15) is 17.5 Å². The molecule has 3 aromatic rings. The van der Waals surface area contributed by atoms with Crippen molar-refractivity contribution in [3.8, 4) is 0 Å². The minimum absolute atomic E-state index is 0.0503. The maximum Gasteiger partial charge on any atom is 0.252 e. The summed E-state index contributed by atoms with van der Waals surface area (Å²) < 4.78 is 51.0. The first-order valence-corrected chi connectivity index (χ1v) is 11.8. The molecule has 1 amide bonds. The highest BCUT2D eigenvalue weighted by Gasteiger charge is 2.17. The van der Waals surface area contributed by atoms with Crippen LogP contribution in [0.5, 0.6) is 0 Å². The smallest absolute Gasteiger partial charge is 0.252 e. The highest BCUT2D eigenvalue weighted by molar-refractivity contribution is 7.91. The van der Waals surface area contributed by atoms with Gasteiger partial charge in [-0.1, -0.05) is 12.1 Å². The Hall–Kier alpha value is -3.53. The molecule has 0 spiro atoms. The summed E-state index contributed by atoms with van der Waals surface area (Å²) in [6.07, 6.45) is 1.29. The van der Waals surface area contributed by atoms with Crippen LogP contribution in [0.1, 0.15) is 35.3 Å². The molecule has 3 rings (SSSR count). The lowest BCUT2D eigenvalue weighted by Gasteiger charge is -2.13. The second-order valence-electron chi connectivity index (χ2n) is 7.79. The molecule has 0 fully saturated rings. The van der Waals surface area contributed by atoms with Gasteiger partial charge in [-0.3, -0.25) is 4.79 Å². The minimum Gasteiger partial charge on any atom is -0.380 e. The first-order valence-electron chi connectivity index (χ1n) is 10.1. The lowest BCUT2D eigenvalue weighted by Crippen LogP contribution is -2.16. The van der Waals surface area contributed by atoms with Crippen molar-refractivity contribution in [1.82, 2.24) is 4.98 Å². The normalized spacial score (nSPS) is 11.4. The van der Waals surface area contributed by atoms with Crippen molar-refractivity contribution in [3.05, 3.63) is 83.1 Å². The van der Waals surface area contributed by atoms with Gasteiger partial charge in [0.05, 0.1) is 22.3 Å². The number of hydrogen-bond acceptors (Lipinski definition) is 6. The third kappa shape index (κ3) is 6.48. The van der Waals surface area contributed by atoms with Gasteiger partial charge >= 0.3 is 0 Å². The van der Waals surface area contributed by atoms with E-state index in [1.165, 1.54) is 18.3 Å². The van der Waals surface area contributed by atoms with Crippen LogP contribution in [0.3, 0.4) is 0 Å². The Morgan fingerprint density at radius 1 is 1.03 bits per heavy atom. The zero-order valence-electron chi connectivity index (χ0n) is 18.1. The van der Waals surface area contributed by atoms with Crippen LogP contribution in [-0.2, 0) is 22.1 Å². The van der Waals surface area contributed by atoms with Crippen molar-refractivity contribution in [1.29, 1.82) is 0 Å². The average molecular weight is 475 g/mol. The molecule has 2 aromatic carbocycles. The van der Waals surface area contributed by atoms with Crippen LogP contribution in [0.4, 0.5) is 26.0 Å². The molecule has 0 atom stereocenters. The van der Waals surface area contributed by atoms with Crippen molar-refractivity contribution < 1.29 is 22.0 Å². The van der Waals surface area contributed by atoms with Crippen molar-refractivity contribution in [2.75, 3.05) is 10.6 Å². The van der Waals surface area contributed by atoms with Crippen LogP contribution >= 0.6 is 0 Å². The van der Waals surface area contributed by atoms with Crippen LogP contribution in [0.2, 0.25) is 0 Å². The minimum atomic E-state index is -3.21. The Bertz CT molecular complexity index is 1240. The molecule has 0 unspecified atom stereocenters. The maximum absolute atomic E-state index is 13.4. The van der Waals surface area contributed by atoms with Crippen molar-refractivity contribution >= 4 is 32.9 Å². The number of nitrogens with two attached hydrogens (primary N) is 1. The second kappa shape index (κ2) is 9.95. The fourth-order valence-corrected chi connectivity index (χ4v) is 4.00. The van der Waals surface area contributed by atoms with Gasteiger partial charge in [-0.25, -0.2) is 22.2 Å². The van der Waals surface area contributed by atoms with Crippen molar-refractivity contribution in [2.24, 2.45) is 5.73 Å². The number of hydrogen-bond donors (Lipinski definition) is 3. The molecule has 33 heavy (non-hydrogen) atoms. The lowest BCUT2D eigenvalue weighted by molar-refractivity contribution is 0.100. The number of halogens is 2. The van der Waals surface area contributed by atoms with E-state index in [2.05, 4.69) is 15.6 Å². The van der Waals surface area contributed by atoms with Gasteiger partial charge in [-0.15, -0.1) is 0 Å². The fraction of sp³-hybridized carbons (Fsp3) is 0.217. The van der Waals surface area contributed by atoms with Crippen molar-refractivity contribution in [2.45, 2.75) is 31.4 Å². The number of amides is 1. The van der Waals surface area contributed by atoms with E-state index in [1.807, 2.05) is 0 Å². The van der Waals surface area contributed by atoms with Gasteiger partial charge in [-0.2, -0.15) is 0 Å². The van der Waals surface area contributed by atoms with Gasteiger partial charge in [0.2, 0.25) is 0 Å². The number of aromatic nitrogens is 1. The summed E-state index contributed by atoms with van der Waals surface area (Å²) in [7, 11) is -3.21. The maximum atomic E-state index is 13.4. The van der Waals surface area contributed by atoms with E-state index in [4.69, 9.17) is 5.73 Å². The number of rotatable bonds is 9. The zero-order chi connectivity index (χ0) is 24.2. The molecule has 7 nitrogen and oxygen atoms in total. The summed E-state index contributed by atoms with van der Waals surface area (Å²) in [6, 6.07) is 11.5. The molecule has 0 aliphatic rings. The van der Waals surface area contributed by atoms with Gasteiger partial charge in [0, 0.05) is 30.6 Å². The Morgan fingerprint density at radius 2 is 1.67 bits per heavy atom. The highest BCUT2D eigenvalue weighted by Crippen LogP contribution is 2.23. The molecule has 0 aliphatic carbocycles. The number of carbonyl (C=O) groups is 1. The lowest BCUT2D eigenvalue weighted by atomic mass is 10.1. The number of benzene rings is 2. The molecule has 0 saturated carbocycles. The molecule has 0 saturated heterocycles. The van der Waals surface area contributed by atoms with Gasteiger partial charge in [0.15, 0.2) is 9.84 Å². The Balaban J connectivity index is 1.76. The number of pyridine rings is 1. The van der Waals surface area contributed by atoms with Gasteiger partial charge < -0.3 is 16.4 Å². The average Bonchev–Trinajstić information content (AvgIpc) is 2.72. The number of nitrogens with zero attached hydrogens (tertiary/aromatic N) is 1. The Kier molecular flexibility index (Phi) is 7.27. The molecule has 0 aliphatic heterocycles. The number of sulfone groups is 1. The van der Waals surface area contributed by atoms with Gasteiger partial charge in [-0.05, 0) is 49.2 Å². The van der Waals surface area contributed by atoms with E-state index < -0.39 is 32.6 Å². The highest BCUT2D eigenvalue weighted by atomic mass is 32.2. The molecular weight excluding hydrogens is 450 g/mol. The predicted molar refractivity (Wildman–Crippen MR) is 124 cm³/mol. The number of nitrogens with one attached hydrogen (secondary N) is 2. The third-order valence-electron chi connectivity index (χ3n) is 4.89. The number of anilines is 3. The van der Waals surface area contributed by atoms with E-state index in [0.29, 0.717) is 28.3 Å². The Labute approximate surface area is 191 Å². The standard InChI is InChI=1S/C23H24F2N4O3S/c1-14(2)33(31,32)13-15-3-5-19(6-4-15)29-22-10-21(20(12-28-22)23(26)30)27-11-16-7-17(24)9-18(25)8-16/h3-10,12,14H,11,13H2,1-2H3,(H2,26,30)(H2,27,28,29). The first kappa shape index (κ1) is 24.1. The predicted octanol–water partition coefficient (Wildman–Crippen LogP) is 4.14. The molecular formula is C23H24F2N4O3S. The van der Waals surface area contributed by atoms with E-state index >= 15 is 0 Å². The topological polar surface area (TPSA) is 114 Å². The third-order valence-corrected chi connectivity index (χ3v) is 7.06. The van der Waals surface area contributed by atoms with E-state index in [-0.39, 0.29) is 17.9 Å². The monoisotopic (exact) mass is 474 g/mol. The molecule has 0 bridgehead atoms. The van der Waals surface area contributed by atoms with Crippen LogP contribution in [0, 0.1) is 11.6 Å². The number of primary amides is 1. The molecule has 0 radical (unpaired) electrons. The largest absolute Gasteiger partial charge is 0.380 e. The quantitative estimate of drug-likeness (QED) is 0.430. The van der Waals surface area contributed by atoms with E-state index in [9.17, 15) is 22.0 Å². The fourth-order valence-electron chi connectivity index (χ4n) is 3.01. The molecule has 10 heteroatoms. The summed E-state index contributed by atoms with van der Waals surface area (Å²) in [6.45, 7) is 3.34. The summed E-state index contributed by atoms with van der Waals surface area (Å²) in [4.78, 5) is 15.9. The van der Waals surface area contributed by atoms with Crippen LogP contribution < -0.4 is 16.4 Å². The molecule has 1 heterocycles. The summed E-state index contributed by atoms with van der Waals surface area (Å²) in [5.41, 5.74) is 7.53. The summed E-state index contributed by atoms with van der Waals surface area (Å²) in [5.74, 6) is -1.79. The SMILES string of the molecule is CC(C)S(=O)(=O)Cc1ccc(Nc2cc(NCc3cc(F)cc(F)c3)c(C(N)=O)cn2)cc1. The van der Waals surface area contributed by atoms with Gasteiger partial charge in [0.25, 0.3) is 5.91 Å². The Morgan fingerprint density at radius 3 is 2.24 bits per heavy atom. The summed E-state index contributed by atoms with van der Waals surface area (Å²) in [5, 5.41) is 5.56. The van der Waals surface area contributed by atoms with Crippen LogP contribution in [-0.4, -0.2) is 24.6 Å². The number of carbonyl (C=O) groups excluding carboxylic acids is 1. The first-order chi connectivity index (χ1) is 15.5. The van der Waals surface area contributed by atoms with E-state index in [0.717, 1.165) is 6.07 Å². The molecule has 4 N–H and O–H groups in total. The van der Waals surface area contributed by atoms with E-state index in [1.54, 1.807) is 44.2 Å². The zero-order valence-corrected chi connectivity index (χ0v) is 18.9. The van der Waals surface area contributed by atoms with Crippen LogP contribution in [0.25, 0.3) is 0 Å². The van der Waals surface area contributed by atoms with Crippen LogP contribution in [0.15, 0.2) is 54.7 Å². The van der Waals surface area contributed by atoms with Crippen molar-refractivity contribution in [3.63, 3.8) is 0 Å². The molecule has 1 aromatic heterocycles. The molecule has 174 valence electrons. The second-order valence-corrected chi connectivity index (χ2v) is 10.3.